The van der Waals surface area contributed by atoms with Crippen LogP contribution >= 0.6 is 0 Å². The van der Waals surface area contributed by atoms with Crippen LogP contribution in [-0.4, -0.2) is 57.0 Å². The normalized spacial score (nSPS) is 14.1. The Hall–Kier alpha value is -3.30. The summed E-state index contributed by atoms with van der Waals surface area (Å²) in [5.74, 6) is -1.50. The molecule has 0 fully saturated rings. The summed E-state index contributed by atoms with van der Waals surface area (Å²) in [7, 11) is 0. The number of primary amides is 1. The lowest BCUT2D eigenvalue weighted by molar-refractivity contribution is -0.149. The molecule has 10 nitrogen and oxygen atoms in total. The van der Waals surface area contributed by atoms with Crippen molar-refractivity contribution >= 4 is 23.8 Å². The molecule has 3 unspecified atom stereocenters. The van der Waals surface area contributed by atoms with E-state index in [9.17, 15) is 24.3 Å². The molecular weight excluding hydrogens is 500 g/mol. The van der Waals surface area contributed by atoms with Crippen LogP contribution in [0.2, 0.25) is 0 Å². The number of aromatic hydroxyl groups is 1. The average molecular weight is 549 g/mol. The summed E-state index contributed by atoms with van der Waals surface area (Å²) >= 11 is 0. The Morgan fingerprint density at radius 1 is 1.05 bits per heavy atom. The van der Waals surface area contributed by atoms with Gasteiger partial charge in [-0.05, 0) is 91.0 Å². The molecule has 39 heavy (non-hydrogen) atoms. The molecule has 5 N–H and O–H groups in total. The van der Waals surface area contributed by atoms with E-state index in [0.29, 0.717) is 17.5 Å². The molecular formula is C29H48N4O6. The molecule has 0 spiro atoms. The Bertz CT molecular complexity index is 1020. The number of phenolic OH excluding ortho intramolecular Hbond substituents is 1. The summed E-state index contributed by atoms with van der Waals surface area (Å²) < 4.78 is 5.37. The Morgan fingerprint density at radius 3 is 2.15 bits per heavy atom. The van der Waals surface area contributed by atoms with Gasteiger partial charge < -0.3 is 31.1 Å². The van der Waals surface area contributed by atoms with E-state index >= 15 is 0 Å². The van der Waals surface area contributed by atoms with Crippen LogP contribution in [0.25, 0.3) is 0 Å². The average Bonchev–Trinajstić information content (AvgIpc) is 2.80. The molecule has 1 aromatic rings. The molecule has 0 bridgehead atoms. The van der Waals surface area contributed by atoms with E-state index in [1.807, 2.05) is 34.6 Å². The number of phenols is 1. The second kappa shape index (κ2) is 14.2. The second-order valence-corrected chi connectivity index (χ2v) is 11.7. The standard InChI is InChI=1S/C29H48N4O6/c1-10-12-19(4)31-25(36)24(20-13-15-22(34)18(3)17-20)33(29(8,9)11-2)26(37)21(14-16-23(30)35)32-27(38)39-28(5,6)7/h13,15,17,19,21,24,34H,10-12,14,16H2,1-9H3,(H2,30,35)(H,31,36)(H,32,38). The van der Waals surface area contributed by atoms with Gasteiger partial charge in [0.25, 0.3) is 0 Å². The number of carbonyl (C=O) groups excluding carboxylic acids is 4. The topological polar surface area (TPSA) is 151 Å². The molecule has 10 heteroatoms. The maximum atomic E-state index is 14.3. The summed E-state index contributed by atoms with van der Waals surface area (Å²) in [4.78, 5) is 54.0. The predicted octanol–water partition coefficient (Wildman–Crippen LogP) is 4.22. The van der Waals surface area contributed by atoms with Crippen LogP contribution in [0.1, 0.15) is 105 Å². The highest BCUT2D eigenvalue weighted by Crippen LogP contribution is 2.34. The molecule has 220 valence electrons. The summed E-state index contributed by atoms with van der Waals surface area (Å²) in [5, 5.41) is 15.8. The fourth-order valence-corrected chi connectivity index (χ4v) is 4.20. The van der Waals surface area contributed by atoms with Crippen LogP contribution in [0, 0.1) is 6.92 Å². The van der Waals surface area contributed by atoms with Crippen molar-refractivity contribution < 1.29 is 29.0 Å². The van der Waals surface area contributed by atoms with Crippen LogP contribution < -0.4 is 16.4 Å². The van der Waals surface area contributed by atoms with Crippen LogP contribution in [0.4, 0.5) is 4.79 Å². The monoisotopic (exact) mass is 548 g/mol. The van der Waals surface area contributed by atoms with Crippen molar-refractivity contribution in [2.24, 2.45) is 5.73 Å². The third-order valence-corrected chi connectivity index (χ3v) is 6.58. The fraction of sp³-hybridized carbons (Fsp3) is 0.655. The summed E-state index contributed by atoms with van der Waals surface area (Å²) in [6.45, 7) is 16.3. The molecule has 4 amide bonds. The molecule has 0 heterocycles. The minimum Gasteiger partial charge on any atom is -0.508 e. The Labute approximate surface area is 233 Å². The first kappa shape index (κ1) is 33.7. The highest BCUT2D eigenvalue weighted by molar-refractivity contribution is 5.93. The van der Waals surface area contributed by atoms with Crippen molar-refractivity contribution in [2.45, 2.75) is 124 Å². The third kappa shape index (κ3) is 10.4. The lowest BCUT2D eigenvalue weighted by Gasteiger charge is -2.45. The maximum Gasteiger partial charge on any atom is 0.408 e. The van der Waals surface area contributed by atoms with Gasteiger partial charge in [-0.2, -0.15) is 0 Å². The third-order valence-electron chi connectivity index (χ3n) is 6.58. The van der Waals surface area contributed by atoms with Crippen molar-refractivity contribution in [3.63, 3.8) is 0 Å². The van der Waals surface area contributed by atoms with Crippen LogP contribution in [0.15, 0.2) is 18.2 Å². The molecule has 0 radical (unpaired) electrons. The Balaban J connectivity index is 3.71. The molecule has 0 aromatic heterocycles. The largest absolute Gasteiger partial charge is 0.508 e. The van der Waals surface area contributed by atoms with Gasteiger partial charge in [0.15, 0.2) is 0 Å². The number of benzene rings is 1. The lowest BCUT2D eigenvalue weighted by atomic mass is 9.90. The molecule has 0 aliphatic carbocycles. The van der Waals surface area contributed by atoms with E-state index in [4.69, 9.17) is 10.5 Å². The quantitative estimate of drug-likeness (QED) is 0.290. The maximum absolute atomic E-state index is 14.3. The van der Waals surface area contributed by atoms with Crippen molar-refractivity contribution in [1.29, 1.82) is 0 Å². The predicted molar refractivity (Wildman–Crippen MR) is 151 cm³/mol. The number of nitrogens with one attached hydrogen (secondary N) is 2. The minimum atomic E-state index is -1.18. The van der Waals surface area contributed by atoms with E-state index in [1.54, 1.807) is 39.8 Å². The zero-order valence-electron chi connectivity index (χ0n) is 25.0. The van der Waals surface area contributed by atoms with Crippen molar-refractivity contribution in [3.05, 3.63) is 29.3 Å². The number of nitrogens with two attached hydrogens (primary N) is 1. The summed E-state index contributed by atoms with van der Waals surface area (Å²) in [6, 6.07) is 2.38. The van der Waals surface area contributed by atoms with Gasteiger partial charge in [-0.1, -0.05) is 26.3 Å². The number of ether oxygens (including phenoxy) is 1. The smallest absolute Gasteiger partial charge is 0.408 e. The number of amides is 4. The number of hydrogen-bond acceptors (Lipinski definition) is 6. The van der Waals surface area contributed by atoms with E-state index in [1.165, 1.54) is 11.0 Å². The van der Waals surface area contributed by atoms with Crippen LogP contribution in [0.3, 0.4) is 0 Å². The molecule has 1 rings (SSSR count). The number of alkyl carbamates (subject to hydrolysis) is 1. The van der Waals surface area contributed by atoms with E-state index in [-0.39, 0.29) is 30.5 Å². The van der Waals surface area contributed by atoms with Gasteiger partial charge in [0, 0.05) is 18.0 Å². The number of rotatable bonds is 13. The zero-order chi connectivity index (χ0) is 30.1. The van der Waals surface area contributed by atoms with E-state index in [0.717, 1.165) is 12.8 Å². The number of nitrogens with zero attached hydrogens (tertiary/aromatic N) is 1. The number of carbonyl (C=O) groups is 4. The van der Waals surface area contributed by atoms with Crippen LogP contribution in [0.5, 0.6) is 5.75 Å². The number of hydrogen-bond donors (Lipinski definition) is 4. The Kier molecular flexibility index (Phi) is 12.3. The molecule has 0 saturated carbocycles. The second-order valence-electron chi connectivity index (χ2n) is 11.7. The highest BCUT2D eigenvalue weighted by Gasteiger charge is 2.43. The van der Waals surface area contributed by atoms with Crippen molar-refractivity contribution in [1.82, 2.24) is 15.5 Å². The van der Waals surface area contributed by atoms with Gasteiger partial charge in [-0.25, -0.2) is 4.79 Å². The van der Waals surface area contributed by atoms with E-state index < -0.39 is 41.1 Å². The van der Waals surface area contributed by atoms with Gasteiger partial charge in [-0.15, -0.1) is 0 Å². The molecule has 0 aliphatic heterocycles. The van der Waals surface area contributed by atoms with Gasteiger partial charge >= 0.3 is 6.09 Å². The summed E-state index contributed by atoms with van der Waals surface area (Å²) in [6.07, 6.45) is 1.05. The molecule has 0 saturated heterocycles. The first-order valence-electron chi connectivity index (χ1n) is 13.6. The minimum absolute atomic E-state index is 0.0656. The SMILES string of the molecule is CCCC(C)NC(=O)C(c1ccc(O)c(C)c1)N(C(=O)C(CCC(N)=O)NC(=O)OC(C)(C)C)C(C)(C)CC. The van der Waals surface area contributed by atoms with Gasteiger partial charge in [0.2, 0.25) is 17.7 Å². The van der Waals surface area contributed by atoms with Crippen molar-refractivity contribution in [2.75, 3.05) is 0 Å². The van der Waals surface area contributed by atoms with E-state index in [2.05, 4.69) is 10.6 Å². The first-order valence-corrected chi connectivity index (χ1v) is 13.6. The van der Waals surface area contributed by atoms with Crippen molar-refractivity contribution in [3.8, 4) is 5.75 Å². The molecule has 1 aromatic carbocycles. The lowest BCUT2D eigenvalue weighted by Crippen LogP contribution is -2.59. The molecule has 0 aliphatic rings. The van der Waals surface area contributed by atoms with Crippen LogP contribution in [-0.2, 0) is 19.1 Å². The van der Waals surface area contributed by atoms with Gasteiger partial charge in [0.1, 0.15) is 23.4 Å². The Morgan fingerprint density at radius 2 is 1.67 bits per heavy atom. The van der Waals surface area contributed by atoms with Gasteiger partial charge in [0.05, 0.1) is 0 Å². The number of aryl methyl sites for hydroxylation is 1. The van der Waals surface area contributed by atoms with Gasteiger partial charge in [-0.3, -0.25) is 14.4 Å². The highest BCUT2D eigenvalue weighted by atomic mass is 16.6. The summed E-state index contributed by atoms with van der Waals surface area (Å²) in [5.41, 5.74) is 4.77. The zero-order valence-corrected chi connectivity index (χ0v) is 25.0. The first-order chi connectivity index (χ1) is 17.9. The molecule has 3 atom stereocenters. The fourth-order valence-electron chi connectivity index (χ4n) is 4.20.